The largest absolute Gasteiger partial charge is 1.00 e. The van der Waals surface area contributed by atoms with E-state index >= 15 is 0 Å². The van der Waals surface area contributed by atoms with Crippen LogP contribution in [-0.4, -0.2) is 30.8 Å². The summed E-state index contributed by atoms with van der Waals surface area (Å²) in [5.41, 5.74) is -2.34. The van der Waals surface area contributed by atoms with Crippen LogP contribution in [0.4, 0.5) is 0 Å². The summed E-state index contributed by atoms with van der Waals surface area (Å²) in [5.74, 6) is 2.13. The average Bonchev–Trinajstić information content (AvgIpc) is 2.46. The van der Waals surface area contributed by atoms with Gasteiger partial charge in [-0.1, -0.05) is 30.0 Å². The van der Waals surface area contributed by atoms with Crippen LogP contribution in [0.15, 0.2) is 30.3 Å². The molecule has 0 saturated heterocycles. The number of rotatable bonds is 4. The molecule has 0 spiro atoms. The van der Waals surface area contributed by atoms with Crippen LogP contribution in [0.3, 0.4) is 0 Å². The molecular formula is C15H15LiO5. The van der Waals surface area contributed by atoms with Crippen molar-refractivity contribution >= 4 is 11.9 Å². The van der Waals surface area contributed by atoms with Crippen LogP contribution >= 0.6 is 0 Å². The van der Waals surface area contributed by atoms with E-state index in [0.717, 1.165) is 0 Å². The van der Waals surface area contributed by atoms with Crippen molar-refractivity contribution in [1.29, 1.82) is 0 Å². The standard InChI is InChI=1S/C15H15O5.Li/c1-3-19-13(16)15(18,14(17)20-4-2)11-10-12-8-6-5-7-9-12;/h5-9H,3-4H2,1-2H3;/q-1;+1. The van der Waals surface area contributed by atoms with Gasteiger partial charge < -0.3 is 14.6 Å². The zero-order valence-corrected chi connectivity index (χ0v) is 12.3. The molecule has 1 aromatic rings. The Morgan fingerprint density at radius 1 is 1.10 bits per heavy atom. The minimum atomic E-state index is -2.86. The Balaban J connectivity index is 0.00000400. The average molecular weight is 282 g/mol. The van der Waals surface area contributed by atoms with Crippen molar-refractivity contribution < 1.29 is 43.0 Å². The molecule has 0 saturated carbocycles. The summed E-state index contributed by atoms with van der Waals surface area (Å²) in [4.78, 5) is 23.3. The van der Waals surface area contributed by atoms with Crippen molar-refractivity contribution in [2.24, 2.45) is 0 Å². The Bertz CT molecular complexity index is 512. The fourth-order valence-corrected chi connectivity index (χ4v) is 1.33. The number of carbonyl (C=O) groups excluding carboxylic acids is 2. The monoisotopic (exact) mass is 282 g/mol. The zero-order valence-electron chi connectivity index (χ0n) is 12.3. The Labute approximate surface area is 135 Å². The second-order valence-electron chi connectivity index (χ2n) is 3.74. The Kier molecular flexibility index (Phi) is 8.50. The van der Waals surface area contributed by atoms with Crippen LogP contribution in [-0.2, 0) is 19.1 Å². The minimum Gasteiger partial charge on any atom is -0.823 e. The second kappa shape index (κ2) is 9.26. The molecule has 0 fully saturated rings. The maximum Gasteiger partial charge on any atom is 1.00 e. The number of esters is 2. The minimum absolute atomic E-state index is 0. The first-order valence-electron chi connectivity index (χ1n) is 6.17. The fraction of sp³-hybridized carbons (Fsp3) is 0.333. The normalized spacial score (nSPS) is 9.67. The molecule has 21 heavy (non-hydrogen) atoms. The van der Waals surface area contributed by atoms with Crippen LogP contribution < -0.4 is 24.0 Å². The van der Waals surface area contributed by atoms with Gasteiger partial charge in [-0.15, -0.1) is 0 Å². The van der Waals surface area contributed by atoms with Gasteiger partial charge in [0.2, 0.25) is 0 Å². The molecule has 0 atom stereocenters. The van der Waals surface area contributed by atoms with Crippen LogP contribution in [0.5, 0.6) is 0 Å². The third kappa shape index (κ3) is 5.28. The van der Waals surface area contributed by atoms with Crippen molar-refractivity contribution in [1.82, 2.24) is 0 Å². The van der Waals surface area contributed by atoms with Crippen molar-refractivity contribution in [3.63, 3.8) is 0 Å². The van der Waals surface area contributed by atoms with Gasteiger partial charge in [0.05, 0.1) is 13.2 Å². The summed E-state index contributed by atoms with van der Waals surface area (Å²) in [5, 5.41) is 12.3. The molecule has 0 aromatic heterocycles. The quantitative estimate of drug-likeness (QED) is 0.259. The van der Waals surface area contributed by atoms with Crippen LogP contribution in [0.25, 0.3) is 0 Å². The van der Waals surface area contributed by atoms with Gasteiger partial charge in [0.1, 0.15) is 0 Å². The Morgan fingerprint density at radius 3 is 2.00 bits per heavy atom. The number of carbonyl (C=O) groups is 2. The van der Waals surface area contributed by atoms with Gasteiger partial charge in [-0.3, -0.25) is 9.59 Å². The predicted molar refractivity (Wildman–Crippen MR) is 69.3 cm³/mol. The molecule has 106 valence electrons. The van der Waals surface area contributed by atoms with E-state index in [0.29, 0.717) is 5.56 Å². The van der Waals surface area contributed by atoms with Crippen molar-refractivity contribution in [2.75, 3.05) is 13.2 Å². The maximum atomic E-state index is 12.3. The summed E-state index contributed by atoms with van der Waals surface area (Å²) in [6, 6.07) is 8.55. The first-order valence-corrected chi connectivity index (χ1v) is 6.17. The van der Waals surface area contributed by atoms with E-state index in [1.807, 2.05) is 0 Å². The molecule has 0 unspecified atom stereocenters. The molecule has 6 heteroatoms. The van der Waals surface area contributed by atoms with E-state index < -0.39 is 17.5 Å². The molecule has 0 radical (unpaired) electrons. The molecule has 0 aliphatic carbocycles. The summed E-state index contributed by atoms with van der Waals surface area (Å²) in [6.45, 7) is 3.03. The van der Waals surface area contributed by atoms with Gasteiger partial charge in [0.25, 0.3) is 0 Å². The molecule has 0 heterocycles. The van der Waals surface area contributed by atoms with Crippen LogP contribution in [0.2, 0.25) is 0 Å². The predicted octanol–water partition coefficient (Wildman–Crippen LogP) is -2.73. The third-order valence-electron chi connectivity index (χ3n) is 2.28. The first-order chi connectivity index (χ1) is 9.54. The molecule has 5 nitrogen and oxygen atoms in total. The fourth-order valence-electron chi connectivity index (χ4n) is 1.33. The van der Waals surface area contributed by atoms with Gasteiger partial charge >= 0.3 is 30.8 Å². The van der Waals surface area contributed by atoms with Gasteiger partial charge in [0.15, 0.2) is 5.60 Å². The van der Waals surface area contributed by atoms with E-state index in [4.69, 9.17) is 0 Å². The number of hydrogen-bond donors (Lipinski definition) is 0. The molecular weight excluding hydrogens is 267 g/mol. The number of benzene rings is 1. The van der Waals surface area contributed by atoms with Crippen molar-refractivity contribution in [3.05, 3.63) is 35.9 Å². The molecule has 0 N–H and O–H groups in total. The summed E-state index contributed by atoms with van der Waals surface area (Å²) >= 11 is 0. The van der Waals surface area contributed by atoms with Crippen molar-refractivity contribution in [2.45, 2.75) is 19.4 Å². The van der Waals surface area contributed by atoms with E-state index in [-0.39, 0.29) is 32.1 Å². The van der Waals surface area contributed by atoms with E-state index in [9.17, 15) is 14.7 Å². The molecule has 0 aliphatic heterocycles. The maximum absolute atomic E-state index is 12.3. The van der Waals surface area contributed by atoms with E-state index in [1.54, 1.807) is 30.3 Å². The summed E-state index contributed by atoms with van der Waals surface area (Å²) < 4.78 is 9.22. The zero-order chi connectivity index (χ0) is 15.0. The van der Waals surface area contributed by atoms with Gasteiger partial charge in [0, 0.05) is 5.56 Å². The molecule has 0 bridgehead atoms. The second-order valence-corrected chi connectivity index (χ2v) is 3.74. The van der Waals surface area contributed by atoms with Gasteiger partial charge in [-0.25, -0.2) is 0 Å². The molecule has 0 aliphatic rings. The first kappa shape index (κ1) is 19.3. The van der Waals surface area contributed by atoms with Crippen molar-refractivity contribution in [3.8, 4) is 11.8 Å². The molecule has 1 rings (SSSR count). The Morgan fingerprint density at radius 2 is 1.57 bits per heavy atom. The topological polar surface area (TPSA) is 75.7 Å². The van der Waals surface area contributed by atoms with Gasteiger partial charge in [-0.2, -0.15) is 0 Å². The smallest absolute Gasteiger partial charge is 0.823 e. The molecule has 1 aromatic carbocycles. The number of ether oxygens (including phenoxy) is 2. The Hall–Kier alpha value is -1.72. The summed E-state index contributed by atoms with van der Waals surface area (Å²) in [6.07, 6.45) is 0. The van der Waals surface area contributed by atoms with Crippen LogP contribution in [0, 0.1) is 11.8 Å². The SMILES string of the molecule is CCOC(=O)C([O-])(C#Cc1ccccc1)C(=O)OCC.[Li+]. The van der Waals surface area contributed by atoms with Gasteiger partial charge in [-0.05, 0) is 26.0 Å². The number of hydrogen-bond acceptors (Lipinski definition) is 5. The van der Waals surface area contributed by atoms with Crippen LogP contribution in [0.1, 0.15) is 19.4 Å². The molecule has 0 amide bonds. The summed E-state index contributed by atoms with van der Waals surface area (Å²) in [7, 11) is 0. The van der Waals surface area contributed by atoms with E-state index in [2.05, 4.69) is 21.3 Å². The third-order valence-corrected chi connectivity index (χ3v) is 2.28. The van der Waals surface area contributed by atoms with E-state index in [1.165, 1.54) is 13.8 Å².